The number of aromatic nitrogens is 1. The molecule has 0 bridgehead atoms. The summed E-state index contributed by atoms with van der Waals surface area (Å²) in [6.07, 6.45) is 2.29. The predicted octanol–water partition coefficient (Wildman–Crippen LogP) is 2.08. The van der Waals surface area contributed by atoms with Crippen molar-refractivity contribution in [2.75, 3.05) is 13.1 Å². The standard InChI is InChI=1S/C14H21N3OS/c1-8(2)13-16-12(7-19-13)14(18)17-5-9-3-4-11(15)10(9)6-17/h7-11H,3-6,15H2,1-2H3. The highest BCUT2D eigenvalue weighted by Gasteiger charge is 2.42. The number of fused-ring (bicyclic) bond motifs is 1. The second-order valence-electron chi connectivity index (χ2n) is 6.10. The maximum atomic E-state index is 12.4. The molecule has 3 rings (SSSR count). The van der Waals surface area contributed by atoms with Gasteiger partial charge in [0.15, 0.2) is 0 Å². The van der Waals surface area contributed by atoms with Gasteiger partial charge in [0.2, 0.25) is 0 Å². The minimum atomic E-state index is 0.0877. The molecule has 2 N–H and O–H groups in total. The third-order valence-corrected chi connectivity index (χ3v) is 5.58. The summed E-state index contributed by atoms with van der Waals surface area (Å²) >= 11 is 1.58. The summed E-state index contributed by atoms with van der Waals surface area (Å²) in [6.45, 7) is 5.89. The Morgan fingerprint density at radius 1 is 1.47 bits per heavy atom. The summed E-state index contributed by atoms with van der Waals surface area (Å²) in [5.41, 5.74) is 6.73. The van der Waals surface area contributed by atoms with E-state index in [1.54, 1.807) is 11.3 Å². The molecule has 2 heterocycles. The first-order chi connectivity index (χ1) is 9.06. The van der Waals surface area contributed by atoms with Crippen molar-refractivity contribution in [3.8, 4) is 0 Å². The van der Waals surface area contributed by atoms with Gasteiger partial charge >= 0.3 is 0 Å². The number of hydrogen-bond donors (Lipinski definition) is 1. The van der Waals surface area contributed by atoms with Crippen LogP contribution >= 0.6 is 11.3 Å². The normalized spacial score (nSPS) is 30.1. The molecule has 1 saturated carbocycles. The Morgan fingerprint density at radius 3 is 2.89 bits per heavy atom. The van der Waals surface area contributed by atoms with Crippen LogP contribution in [0.1, 0.15) is 48.1 Å². The summed E-state index contributed by atoms with van der Waals surface area (Å²) < 4.78 is 0. The number of nitrogens with two attached hydrogens (primary N) is 1. The Bertz CT molecular complexity index is 485. The van der Waals surface area contributed by atoms with Gasteiger partial charge in [-0.15, -0.1) is 11.3 Å². The first kappa shape index (κ1) is 13.1. The monoisotopic (exact) mass is 279 g/mol. The van der Waals surface area contributed by atoms with Crippen molar-refractivity contribution < 1.29 is 4.79 Å². The topological polar surface area (TPSA) is 59.2 Å². The van der Waals surface area contributed by atoms with Gasteiger partial charge in [-0.25, -0.2) is 4.98 Å². The molecule has 3 unspecified atom stereocenters. The fourth-order valence-corrected chi connectivity index (χ4v) is 4.10. The van der Waals surface area contributed by atoms with Gasteiger partial charge in [0, 0.05) is 30.4 Å². The van der Waals surface area contributed by atoms with Crippen molar-refractivity contribution in [2.24, 2.45) is 17.6 Å². The smallest absolute Gasteiger partial charge is 0.273 e. The Morgan fingerprint density at radius 2 is 2.26 bits per heavy atom. The second kappa shape index (κ2) is 4.87. The molecule has 0 aromatic carbocycles. The molecule has 0 radical (unpaired) electrons. The number of hydrogen-bond acceptors (Lipinski definition) is 4. The first-order valence-corrected chi connectivity index (χ1v) is 7.94. The SMILES string of the molecule is CC(C)c1nc(C(=O)N2CC3CCC(N)C3C2)cs1. The minimum Gasteiger partial charge on any atom is -0.337 e. The van der Waals surface area contributed by atoms with Crippen molar-refractivity contribution in [3.63, 3.8) is 0 Å². The average Bonchev–Trinajstić information content (AvgIpc) is 3.05. The third-order valence-electron chi connectivity index (χ3n) is 4.43. The number of nitrogens with zero attached hydrogens (tertiary/aromatic N) is 2. The van der Waals surface area contributed by atoms with Crippen LogP contribution in [0.4, 0.5) is 0 Å². The van der Waals surface area contributed by atoms with Crippen molar-refractivity contribution in [1.82, 2.24) is 9.88 Å². The number of amides is 1. The molecule has 0 spiro atoms. The summed E-state index contributed by atoms with van der Waals surface area (Å²) in [7, 11) is 0. The maximum absolute atomic E-state index is 12.4. The Kier molecular flexibility index (Phi) is 3.35. The van der Waals surface area contributed by atoms with Crippen LogP contribution < -0.4 is 5.73 Å². The zero-order valence-electron chi connectivity index (χ0n) is 11.5. The van der Waals surface area contributed by atoms with Gasteiger partial charge in [0.25, 0.3) is 5.91 Å². The van der Waals surface area contributed by atoms with Crippen LogP contribution in [-0.4, -0.2) is 34.9 Å². The van der Waals surface area contributed by atoms with E-state index < -0.39 is 0 Å². The van der Waals surface area contributed by atoms with E-state index in [4.69, 9.17) is 5.73 Å². The number of rotatable bonds is 2. The molecule has 1 aromatic heterocycles. The largest absolute Gasteiger partial charge is 0.337 e. The van der Waals surface area contributed by atoms with Gasteiger partial charge in [-0.05, 0) is 24.7 Å². The molecule has 1 saturated heterocycles. The van der Waals surface area contributed by atoms with Gasteiger partial charge in [-0.1, -0.05) is 13.8 Å². The van der Waals surface area contributed by atoms with Crippen LogP contribution in [0.5, 0.6) is 0 Å². The molecule has 1 aromatic rings. The lowest BCUT2D eigenvalue weighted by molar-refractivity contribution is 0.0774. The fourth-order valence-electron chi connectivity index (χ4n) is 3.29. The van der Waals surface area contributed by atoms with Gasteiger partial charge < -0.3 is 10.6 Å². The van der Waals surface area contributed by atoms with Gasteiger partial charge in [0.05, 0.1) is 5.01 Å². The van der Waals surface area contributed by atoms with Crippen LogP contribution in [-0.2, 0) is 0 Å². The fraction of sp³-hybridized carbons (Fsp3) is 0.714. The van der Waals surface area contributed by atoms with E-state index in [1.165, 1.54) is 6.42 Å². The molecule has 4 nitrogen and oxygen atoms in total. The zero-order chi connectivity index (χ0) is 13.6. The average molecular weight is 279 g/mol. The van der Waals surface area contributed by atoms with E-state index in [1.807, 2.05) is 10.3 Å². The molecule has 2 aliphatic rings. The molecular formula is C14H21N3OS. The maximum Gasteiger partial charge on any atom is 0.273 e. The van der Waals surface area contributed by atoms with Crippen LogP contribution in [0.2, 0.25) is 0 Å². The first-order valence-electron chi connectivity index (χ1n) is 7.06. The van der Waals surface area contributed by atoms with E-state index in [0.29, 0.717) is 23.4 Å². The van der Waals surface area contributed by atoms with Crippen molar-refractivity contribution in [3.05, 3.63) is 16.1 Å². The number of carbonyl (C=O) groups excluding carboxylic acids is 1. The molecule has 1 aliphatic heterocycles. The van der Waals surface area contributed by atoms with E-state index in [2.05, 4.69) is 18.8 Å². The molecule has 5 heteroatoms. The van der Waals surface area contributed by atoms with E-state index in [-0.39, 0.29) is 11.9 Å². The molecule has 1 aliphatic carbocycles. The van der Waals surface area contributed by atoms with Crippen LogP contribution in [0.3, 0.4) is 0 Å². The molecule has 1 amide bonds. The van der Waals surface area contributed by atoms with Gasteiger partial charge in [-0.3, -0.25) is 4.79 Å². The molecule has 2 fully saturated rings. The Labute approximate surface area is 118 Å². The van der Waals surface area contributed by atoms with Gasteiger partial charge in [0.1, 0.15) is 5.69 Å². The highest BCUT2D eigenvalue weighted by atomic mass is 32.1. The number of thiazole rings is 1. The van der Waals surface area contributed by atoms with Crippen LogP contribution in [0.25, 0.3) is 0 Å². The third kappa shape index (κ3) is 2.30. The zero-order valence-corrected chi connectivity index (χ0v) is 12.3. The predicted molar refractivity (Wildman–Crippen MR) is 76.3 cm³/mol. The van der Waals surface area contributed by atoms with Crippen molar-refractivity contribution >= 4 is 17.2 Å². The molecule has 19 heavy (non-hydrogen) atoms. The lowest BCUT2D eigenvalue weighted by Crippen LogP contribution is -2.33. The van der Waals surface area contributed by atoms with Crippen LogP contribution in [0, 0.1) is 11.8 Å². The highest BCUT2D eigenvalue weighted by Crippen LogP contribution is 2.37. The van der Waals surface area contributed by atoms with Crippen LogP contribution in [0.15, 0.2) is 5.38 Å². The number of carbonyl (C=O) groups is 1. The minimum absolute atomic E-state index is 0.0877. The lowest BCUT2D eigenvalue weighted by atomic mass is 9.98. The summed E-state index contributed by atoms with van der Waals surface area (Å²) in [5.74, 6) is 1.59. The molecular weight excluding hydrogens is 258 g/mol. The van der Waals surface area contributed by atoms with E-state index >= 15 is 0 Å². The second-order valence-corrected chi connectivity index (χ2v) is 6.99. The van der Waals surface area contributed by atoms with E-state index in [0.717, 1.165) is 24.5 Å². The summed E-state index contributed by atoms with van der Waals surface area (Å²) in [5, 5.41) is 2.94. The lowest BCUT2D eigenvalue weighted by Gasteiger charge is -2.17. The van der Waals surface area contributed by atoms with Crippen molar-refractivity contribution in [1.29, 1.82) is 0 Å². The quantitative estimate of drug-likeness (QED) is 0.901. The van der Waals surface area contributed by atoms with Gasteiger partial charge in [-0.2, -0.15) is 0 Å². The summed E-state index contributed by atoms with van der Waals surface area (Å²) in [4.78, 5) is 18.9. The van der Waals surface area contributed by atoms with Crippen molar-refractivity contribution in [2.45, 2.75) is 38.6 Å². The number of likely N-dealkylation sites (tertiary alicyclic amines) is 1. The Balaban J connectivity index is 1.71. The molecule has 104 valence electrons. The Hall–Kier alpha value is -0.940. The molecule has 3 atom stereocenters. The highest BCUT2D eigenvalue weighted by molar-refractivity contribution is 7.09. The van der Waals surface area contributed by atoms with E-state index in [9.17, 15) is 4.79 Å². The summed E-state index contributed by atoms with van der Waals surface area (Å²) in [6, 6.07) is 0.282.